The largest absolute Gasteiger partial charge is 0.482 e. The lowest BCUT2D eigenvalue weighted by Gasteiger charge is -2.15. The number of hydrogen-bond acceptors (Lipinski definition) is 7. The Hall–Kier alpha value is -5.42. The van der Waals surface area contributed by atoms with Crippen LogP contribution in [-0.4, -0.2) is 47.5 Å². The Balaban J connectivity index is 1.20. The summed E-state index contributed by atoms with van der Waals surface area (Å²) in [6.45, 7) is -1.61. The minimum absolute atomic E-state index is 0.0529. The second-order valence-corrected chi connectivity index (χ2v) is 12.5. The van der Waals surface area contributed by atoms with E-state index in [4.69, 9.17) is 11.2 Å². The number of fused-ring (bicyclic) bond motifs is 2. The van der Waals surface area contributed by atoms with E-state index in [1.165, 1.54) is 34.8 Å². The van der Waals surface area contributed by atoms with Crippen LogP contribution in [0.4, 0.5) is 34.9 Å². The third kappa shape index (κ3) is 6.50. The van der Waals surface area contributed by atoms with Gasteiger partial charge < -0.3 is 15.4 Å². The van der Waals surface area contributed by atoms with E-state index in [0.717, 1.165) is 17.2 Å². The summed E-state index contributed by atoms with van der Waals surface area (Å²) < 4.78 is 83.1. The van der Waals surface area contributed by atoms with Gasteiger partial charge in [0.1, 0.15) is 17.5 Å². The molecule has 5 aromatic rings. The fraction of sp³-hybridized carbons (Fsp3) is 0.156. The quantitative estimate of drug-likeness (QED) is 0.159. The van der Waals surface area contributed by atoms with Gasteiger partial charge in [0.15, 0.2) is 22.1 Å². The summed E-state index contributed by atoms with van der Waals surface area (Å²) >= 11 is 0. The monoisotopic (exact) mass is 649 g/mol. The molecule has 1 aliphatic rings. The minimum Gasteiger partial charge on any atom is -0.482 e. The second kappa shape index (κ2) is 11.8. The molecule has 2 N–H and O–H groups in total. The van der Waals surface area contributed by atoms with Crippen LogP contribution in [0.15, 0.2) is 83.9 Å². The first kappa shape index (κ1) is 30.6. The van der Waals surface area contributed by atoms with Gasteiger partial charge in [0.25, 0.3) is 0 Å². The van der Waals surface area contributed by atoms with Crippen LogP contribution in [0.2, 0.25) is 0 Å². The number of halogens is 4. The number of ether oxygens (including phenoxy) is 1. The summed E-state index contributed by atoms with van der Waals surface area (Å²) in [5.41, 5.74) is 3.49. The van der Waals surface area contributed by atoms with E-state index in [0.29, 0.717) is 22.5 Å². The van der Waals surface area contributed by atoms with Gasteiger partial charge in [0.05, 0.1) is 16.3 Å². The van der Waals surface area contributed by atoms with E-state index < -0.39 is 40.3 Å². The van der Waals surface area contributed by atoms with Crippen molar-refractivity contribution in [2.45, 2.75) is 23.4 Å². The average Bonchev–Trinajstić information content (AvgIpc) is 3.55. The minimum atomic E-state index is -4.63. The third-order valence-corrected chi connectivity index (χ3v) is 9.02. The van der Waals surface area contributed by atoms with E-state index in [2.05, 4.69) is 26.6 Å². The van der Waals surface area contributed by atoms with E-state index in [9.17, 15) is 30.8 Å². The Labute approximate surface area is 260 Å². The van der Waals surface area contributed by atoms with Crippen molar-refractivity contribution in [1.29, 1.82) is 0 Å². The van der Waals surface area contributed by atoms with Crippen molar-refractivity contribution >= 4 is 38.7 Å². The number of amides is 1. The summed E-state index contributed by atoms with van der Waals surface area (Å²) in [4.78, 5) is 17.1. The fourth-order valence-corrected chi connectivity index (χ4v) is 6.54. The van der Waals surface area contributed by atoms with Crippen molar-refractivity contribution in [1.82, 2.24) is 14.6 Å². The molecule has 1 amide bonds. The number of aromatic nitrogens is 3. The zero-order chi connectivity index (χ0) is 32.6. The molecule has 1 atom stereocenters. The number of carbonyl (C=O) groups excluding carboxylic acids is 1. The third-order valence-electron chi connectivity index (χ3n) is 7.22. The summed E-state index contributed by atoms with van der Waals surface area (Å²) in [5, 5.41) is 10.0. The molecule has 0 unspecified atom stereocenters. The van der Waals surface area contributed by atoms with Gasteiger partial charge in [-0.1, -0.05) is 30.2 Å². The van der Waals surface area contributed by atoms with E-state index in [1.54, 1.807) is 42.6 Å². The second-order valence-electron chi connectivity index (χ2n) is 10.4. The van der Waals surface area contributed by atoms with Crippen LogP contribution in [0.1, 0.15) is 17.0 Å². The number of rotatable bonds is 8. The number of alkyl halides is 3. The van der Waals surface area contributed by atoms with Crippen LogP contribution in [0, 0.1) is 18.2 Å². The molecule has 0 aliphatic carbocycles. The molecule has 0 saturated heterocycles. The molecule has 0 fully saturated rings. The van der Waals surface area contributed by atoms with E-state index in [1.807, 2.05) is 0 Å². The van der Waals surface area contributed by atoms with Crippen LogP contribution in [-0.2, 0) is 21.1 Å². The molecule has 3 heterocycles. The molecule has 0 saturated carbocycles. The Morgan fingerprint density at radius 3 is 2.46 bits per heavy atom. The molecule has 0 spiro atoms. The molecule has 6 rings (SSSR count). The first-order valence-corrected chi connectivity index (χ1v) is 15.4. The zero-order valence-electron chi connectivity index (χ0n) is 23.7. The van der Waals surface area contributed by atoms with Crippen molar-refractivity contribution in [3.05, 3.63) is 95.9 Å². The average molecular weight is 650 g/mol. The van der Waals surface area contributed by atoms with Crippen molar-refractivity contribution in [3.63, 3.8) is 0 Å². The van der Waals surface area contributed by atoms with E-state index in [-0.39, 0.29) is 34.5 Å². The van der Waals surface area contributed by atoms with Crippen LogP contribution >= 0.6 is 0 Å². The molecule has 46 heavy (non-hydrogen) atoms. The highest BCUT2D eigenvalue weighted by molar-refractivity contribution is 7.91. The highest BCUT2D eigenvalue weighted by atomic mass is 32.2. The Morgan fingerprint density at radius 1 is 1.04 bits per heavy atom. The van der Waals surface area contributed by atoms with Crippen molar-refractivity contribution < 1.29 is 35.5 Å². The van der Waals surface area contributed by atoms with Gasteiger partial charge in [-0.25, -0.2) is 17.3 Å². The summed E-state index contributed by atoms with van der Waals surface area (Å²) in [6.07, 6.45) is 2.84. The van der Waals surface area contributed by atoms with Gasteiger partial charge in [-0.05, 0) is 65.6 Å². The lowest BCUT2D eigenvalue weighted by molar-refractivity contribution is -0.153. The van der Waals surface area contributed by atoms with Gasteiger partial charge in [0, 0.05) is 23.5 Å². The molecular weight excluding hydrogens is 626 g/mol. The van der Waals surface area contributed by atoms with Crippen LogP contribution in [0.25, 0.3) is 16.8 Å². The number of nitrogens with zero attached hydrogens (tertiary/aromatic N) is 3. The number of carbonyl (C=O) groups is 1. The summed E-state index contributed by atoms with van der Waals surface area (Å²) in [5.74, 6) is 0.259. The van der Waals surface area contributed by atoms with Crippen molar-refractivity contribution in [2.24, 2.45) is 0 Å². The molecule has 234 valence electrons. The summed E-state index contributed by atoms with van der Waals surface area (Å²) in [6, 6.07) is 18.4. The lowest BCUT2D eigenvalue weighted by atomic mass is 9.99. The predicted molar refractivity (Wildman–Crippen MR) is 162 cm³/mol. The molecule has 0 radical (unpaired) electrons. The molecule has 9 nitrogen and oxygen atoms in total. The van der Waals surface area contributed by atoms with Gasteiger partial charge in [-0.15, -0.1) is 11.5 Å². The molecular formula is C32H23F4N5O4S. The molecule has 3 aromatic carbocycles. The zero-order valence-corrected chi connectivity index (χ0v) is 24.5. The van der Waals surface area contributed by atoms with Gasteiger partial charge in [-0.2, -0.15) is 18.2 Å². The lowest BCUT2D eigenvalue weighted by Crippen LogP contribution is -2.20. The van der Waals surface area contributed by atoms with Gasteiger partial charge in [-0.3, -0.25) is 4.79 Å². The predicted octanol–water partition coefficient (Wildman–Crippen LogP) is 5.91. The maximum atomic E-state index is 13.3. The van der Waals surface area contributed by atoms with Crippen LogP contribution in [0.5, 0.6) is 5.75 Å². The van der Waals surface area contributed by atoms with Gasteiger partial charge in [0.2, 0.25) is 11.9 Å². The normalized spacial score (nSPS) is 14.3. The van der Waals surface area contributed by atoms with Crippen molar-refractivity contribution in [2.75, 3.05) is 23.0 Å². The number of benzene rings is 3. The SMILES string of the molecule is C#C[C@H](C(=O)Nc1ccc(-c2ccc3nc(Nc4cc5c(cc4OCC(F)(F)F)S(=O)(=O)CC5)nn3c2)cc1)c1ccc(F)cc1. The van der Waals surface area contributed by atoms with Crippen LogP contribution < -0.4 is 15.4 Å². The Kier molecular flexibility index (Phi) is 7.87. The van der Waals surface area contributed by atoms with Crippen molar-refractivity contribution in [3.8, 4) is 29.2 Å². The highest BCUT2D eigenvalue weighted by Gasteiger charge is 2.32. The smallest absolute Gasteiger partial charge is 0.422 e. The number of nitrogens with one attached hydrogen (secondary N) is 2. The van der Waals surface area contributed by atoms with Gasteiger partial charge >= 0.3 is 6.18 Å². The first-order valence-electron chi connectivity index (χ1n) is 13.7. The molecule has 14 heteroatoms. The highest BCUT2D eigenvalue weighted by Crippen LogP contribution is 2.37. The van der Waals surface area contributed by atoms with E-state index >= 15 is 0 Å². The number of hydrogen-bond donors (Lipinski definition) is 2. The fourth-order valence-electron chi connectivity index (χ4n) is 4.99. The maximum Gasteiger partial charge on any atom is 0.422 e. The molecule has 1 aliphatic heterocycles. The Morgan fingerprint density at radius 2 is 1.76 bits per heavy atom. The summed E-state index contributed by atoms with van der Waals surface area (Å²) in [7, 11) is -3.61. The number of aryl methyl sites for hydroxylation is 1. The Bertz CT molecular complexity index is 2110. The molecule has 2 aromatic heterocycles. The molecule has 0 bridgehead atoms. The first-order chi connectivity index (χ1) is 21.9. The van der Waals surface area contributed by atoms with Crippen LogP contribution in [0.3, 0.4) is 0 Å². The maximum absolute atomic E-state index is 13.3. The number of anilines is 3. The number of sulfone groups is 1. The number of pyridine rings is 1. The number of terminal acetylenes is 1. The topological polar surface area (TPSA) is 115 Å². The standard InChI is InChI=1S/C32H23F4N5O4S/c1-2-25(20-3-8-23(33)9-4-20)30(42)37-24-10-5-19(6-11-24)22-7-12-29-39-31(40-41(29)17-22)38-26-15-21-13-14-46(43,44)28(21)16-27(26)45-18-32(34,35)36/h1,3-12,15-17,25H,13-14,18H2,(H,37,42)(H,38,40)/t25-/m0/s1.